The number of aryl methyl sites for hydroxylation is 1. The second kappa shape index (κ2) is 12.4. The molecule has 1 amide bonds. The van der Waals surface area contributed by atoms with Gasteiger partial charge in [0, 0.05) is 44.0 Å². The molecule has 2 N–H and O–H groups in total. The van der Waals surface area contributed by atoms with Crippen LogP contribution in [0.3, 0.4) is 0 Å². The summed E-state index contributed by atoms with van der Waals surface area (Å²) in [6, 6.07) is 9.24. The number of hydrogen-bond donors (Lipinski definition) is 2. The highest BCUT2D eigenvalue weighted by Gasteiger charge is 2.25. The van der Waals surface area contributed by atoms with E-state index >= 15 is 0 Å². The predicted octanol–water partition coefficient (Wildman–Crippen LogP) is 5.33. The zero-order chi connectivity index (χ0) is 32.4. The monoisotopic (exact) mass is 621 g/mol. The lowest BCUT2D eigenvalue weighted by atomic mass is 10.1. The van der Waals surface area contributed by atoms with Crippen molar-refractivity contribution in [2.75, 3.05) is 30.4 Å². The third kappa shape index (κ3) is 6.56. The van der Waals surface area contributed by atoms with Gasteiger partial charge in [0.25, 0.3) is 0 Å². The van der Waals surface area contributed by atoms with Crippen LogP contribution in [0.2, 0.25) is 0 Å². The molecule has 1 fully saturated rings. The van der Waals surface area contributed by atoms with Gasteiger partial charge in [-0.15, -0.1) is 6.42 Å². The number of hydrogen-bond acceptors (Lipinski definition) is 11. The van der Waals surface area contributed by atoms with Gasteiger partial charge in [0.15, 0.2) is 17.3 Å². The highest BCUT2D eigenvalue weighted by molar-refractivity contribution is 5.87. The number of anilines is 3. The van der Waals surface area contributed by atoms with Gasteiger partial charge in [-0.1, -0.05) is 5.92 Å². The molecule has 0 unspecified atom stereocenters. The number of imidazole rings is 1. The van der Waals surface area contributed by atoms with Gasteiger partial charge in [0.1, 0.15) is 28.7 Å². The number of nitrogens with zero attached hydrogens (tertiary/aromatic N) is 7. The van der Waals surface area contributed by atoms with Crippen LogP contribution in [0.5, 0.6) is 17.2 Å². The summed E-state index contributed by atoms with van der Waals surface area (Å²) in [6.07, 6.45) is 11.9. The number of carbonyl (C=O) groups excluding carboxylic acids is 1. The van der Waals surface area contributed by atoms with Crippen molar-refractivity contribution >= 4 is 45.6 Å². The van der Waals surface area contributed by atoms with Gasteiger partial charge in [-0.2, -0.15) is 0 Å². The van der Waals surface area contributed by atoms with E-state index in [1.54, 1.807) is 31.8 Å². The molecule has 3 aromatic heterocycles. The van der Waals surface area contributed by atoms with Crippen molar-refractivity contribution in [3.8, 4) is 29.6 Å². The van der Waals surface area contributed by atoms with Gasteiger partial charge in [-0.3, -0.25) is 0 Å². The molecule has 0 spiro atoms. The summed E-state index contributed by atoms with van der Waals surface area (Å²) in [7, 11) is 3.49. The van der Waals surface area contributed by atoms with Crippen LogP contribution in [-0.2, 0) is 11.8 Å². The Morgan fingerprint density at radius 1 is 1.07 bits per heavy atom. The van der Waals surface area contributed by atoms with E-state index in [0.717, 1.165) is 23.9 Å². The summed E-state index contributed by atoms with van der Waals surface area (Å²) >= 11 is 0. The molecule has 0 saturated carbocycles. The number of alkyl carbamates (subject to hydrolysis) is 1. The normalized spacial score (nSPS) is 13.8. The average molecular weight is 622 g/mol. The second-order valence-corrected chi connectivity index (χ2v) is 12.0. The minimum Gasteiger partial charge on any atom is -0.493 e. The molecule has 0 radical (unpaired) electrons. The number of methoxy groups -OCH3 is 1. The topological polar surface area (TPSA) is 141 Å². The Morgan fingerprint density at radius 3 is 2.61 bits per heavy atom. The van der Waals surface area contributed by atoms with Crippen LogP contribution in [0.15, 0.2) is 49.2 Å². The fourth-order valence-electron chi connectivity index (χ4n) is 5.26. The first-order chi connectivity index (χ1) is 22.1. The Hall–Kier alpha value is -5.64. The van der Waals surface area contributed by atoms with Crippen LogP contribution < -0.4 is 25.0 Å². The summed E-state index contributed by atoms with van der Waals surface area (Å²) in [5, 5.41) is 6.29. The maximum atomic E-state index is 12.2. The Kier molecular flexibility index (Phi) is 8.19. The van der Waals surface area contributed by atoms with E-state index in [9.17, 15) is 4.79 Å². The van der Waals surface area contributed by atoms with Crippen molar-refractivity contribution in [1.82, 2.24) is 34.8 Å². The molecule has 1 aliphatic rings. The maximum Gasteiger partial charge on any atom is 0.407 e. The van der Waals surface area contributed by atoms with Crippen molar-refractivity contribution in [1.29, 1.82) is 0 Å². The minimum atomic E-state index is -0.545. The largest absolute Gasteiger partial charge is 0.493 e. The van der Waals surface area contributed by atoms with Crippen LogP contribution >= 0.6 is 0 Å². The average Bonchev–Trinajstić information content (AvgIpc) is 3.40. The first kappa shape index (κ1) is 30.4. The summed E-state index contributed by atoms with van der Waals surface area (Å²) in [6.45, 7) is 6.87. The van der Waals surface area contributed by atoms with Crippen molar-refractivity contribution in [3.63, 3.8) is 0 Å². The van der Waals surface area contributed by atoms with Gasteiger partial charge in [-0.25, -0.2) is 29.7 Å². The number of rotatable bonds is 7. The molecule has 0 atom stereocenters. The summed E-state index contributed by atoms with van der Waals surface area (Å²) in [4.78, 5) is 36.9. The third-order valence-electron chi connectivity index (χ3n) is 7.47. The molecular weight excluding hydrogens is 586 g/mol. The first-order valence-electron chi connectivity index (χ1n) is 14.9. The zero-order valence-corrected chi connectivity index (χ0v) is 26.4. The lowest BCUT2D eigenvalue weighted by Crippen LogP contribution is -2.46. The fraction of sp³-hybridized carbons (Fsp3) is 0.333. The van der Waals surface area contributed by atoms with E-state index < -0.39 is 11.7 Å². The molecule has 13 nitrogen and oxygen atoms in total. The number of amides is 1. The van der Waals surface area contributed by atoms with Crippen molar-refractivity contribution < 1.29 is 19.0 Å². The van der Waals surface area contributed by atoms with Gasteiger partial charge in [0.2, 0.25) is 5.95 Å². The van der Waals surface area contributed by atoms with E-state index in [4.69, 9.17) is 25.6 Å². The minimum absolute atomic E-state index is 0.0114. The Morgan fingerprint density at radius 2 is 1.87 bits per heavy atom. The van der Waals surface area contributed by atoms with Gasteiger partial charge < -0.3 is 34.3 Å². The molecular formula is C33H35N9O4. The molecule has 236 valence electrons. The molecule has 4 heterocycles. The van der Waals surface area contributed by atoms with E-state index in [0.29, 0.717) is 64.4 Å². The third-order valence-corrected chi connectivity index (χ3v) is 7.47. The molecule has 1 aliphatic heterocycles. The van der Waals surface area contributed by atoms with Crippen molar-refractivity contribution in [2.24, 2.45) is 7.05 Å². The van der Waals surface area contributed by atoms with Gasteiger partial charge in [-0.05, 0) is 51.8 Å². The first-order valence-corrected chi connectivity index (χ1v) is 14.9. The lowest BCUT2D eigenvalue weighted by molar-refractivity contribution is 0.0497. The van der Waals surface area contributed by atoms with E-state index in [1.807, 2.05) is 50.6 Å². The number of piperidine rings is 1. The Bertz CT molecular complexity index is 1950. The fourth-order valence-corrected chi connectivity index (χ4v) is 5.26. The number of ether oxygens (including phenoxy) is 3. The maximum absolute atomic E-state index is 12.2. The molecule has 1 saturated heterocycles. The SMILES string of the molecule is C#Cc1cc(Nc2ncnc3cnc(N4CCC(NC(=O)OC(C)(C)C)CC4)nc23)cc(OC)c1Oc1ccc2c(c1)ncn2C. The van der Waals surface area contributed by atoms with Crippen molar-refractivity contribution in [2.45, 2.75) is 45.3 Å². The van der Waals surface area contributed by atoms with Crippen LogP contribution in [0.25, 0.3) is 22.1 Å². The molecule has 0 bridgehead atoms. The van der Waals surface area contributed by atoms with E-state index in [2.05, 4.69) is 41.4 Å². The molecule has 6 rings (SSSR count). The highest BCUT2D eigenvalue weighted by Crippen LogP contribution is 2.39. The summed E-state index contributed by atoms with van der Waals surface area (Å²) in [5.41, 5.74) is 3.49. The van der Waals surface area contributed by atoms with Crippen LogP contribution in [0.1, 0.15) is 39.2 Å². The van der Waals surface area contributed by atoms with Crippen LogP contribution in [0, 0.1) is 12.3 Å². The predicted molar refractivity (Wildman–Crippen MR) is 175 cm³/mol. The van der Waals surface area contributed by atoms with Crippen molar-refractivity contribution in [3.05, 3.63) is 54.7 Å². The summed E-state index contributed by atoms with van der Waals surface area (Å²) in [5.74, 6) is 5.17. The Labute approximate surface area is 266 Å². The molecule has 0 aliphatic carbocycles. The molecule has 2 aromatic carbocycles. The van der Waals surface area contributed by atoms with Gasteiger partial charge >= 0.3 is 6.09 Å². The van der Waals surface area contributed by atoms with E-state index in [-0.39, 0.29) is 6.04 Å². The number of fused-ring (bicyclic) bond motifs is 2. The number of terminal acetylenes is 1. The lowest BCUT2D eigenvalue weighted by Gasteiger charge is -2.32. The van der Waals surface area contributed by atoms with E-state index in [1.165, 1.54) is 6.33 Å². The Balaban J connectivity index is 1.21. The molecule has 46 heavy (non-hydrogen) atoms. The second-order valence-electron chi connectivity index (χ2n) is 12.0. The smallest absolute Gasteiger partial charge is 0.407 e. The number of carbonyl (C=O) groups is 1. The molecule has 13 heteroatoms. The number of nitrogens with one attached hydrogen (secondary N) is 2. The van der Waals surface area contributed by atoms with Gasteiger partial charge in [0.05, 0.1) is 36.2 Å². The van der Waals surface area contributed by atoms with Crippen LogP contribution in [0.4, 0.5) is 22.2 Å². The quantitative estimate of drug-likeness (QED) is 0.228. The van der Waals surface area contributed by atoms with Crippen LogP contribution in [-0.4, -0.2) is 67.4 Å². The highest BCUT2D eigenvalue weighted by atomic mass is 16.6. The molecule has 5 aromatic rings. The number of aromatic nitrogens is 6. The zero-order valence-electron chi connectivity index (χ0n) is 26.4. The standard InChI is InChI=1S/C33H35N9O4/c1-7-20-14-22(15-27(44-6)29(20)45-23-8-9-26-24(16-23)37-19-41(26)5)38-30-28-25(35-18-36-30)17-34-31(40-28)42-12-10-21(11-13-42)39-32(43)46-33(2,3)4/h1,8-9,14-19,21H,10-13H2,2-6H3,(H,39,43)(H,35,36,38). The number of benzene rings is 2. The summed E-state index contributed by atoms with van der Waals surface area (Å²) < 4.78 is 19.3.